The highest BCUT2D eigenvalue weighted by Crippen LogP contribution is 2.46. The third kappa shape index (κ3) is 5.57. The largest absolute Gasteiger partial charge is 0.458 e. The van der Waals surface area contributed by atoms with Gasteiger partial charge in [-0.3, -0.25) is 14.4 Å². The summed E-state index contributed by atoms with van der Waals surface area (Å²) in [7, 11) is 0. The smallest absolute Gasteiger partial charge is 0.303 e. The molecule has 0 unspecified atom stereocenters. The molecule has 0 aromatic rings. The fraction of sp³-hybridized carbons (Fsp3) is 0.909. The molecule has 3 fully saturated rings. The lowest BCUT2D eigenvalue weighted by Crippen LogP contribution is -2.59. The Morgan fingerprint density at radius 2 is 1.42 bits per heavy atom. The lowest BCUT2D eigenvalue weighted by atomic mass is 9.83. The van der Waals surface area contributed by atoms with E-state index in [0.717, 1.165) is 0 Å². The molecule has 3 heterocycles. The number of hydrogen-bond acceptors (Lipinski definition) is 9. The van der Waals surface area contributed by atoms with Crippen LogP contribution >= 0.6 is 0 Å². The van der Waals surface area contributed by atoms with Gasteiger partial charge in [0.25, 0.3) is 0 Å². The van der Waals surface area contributed by atoms with Gasteiger partial charge in [-0.1, -0.05) is 0 Å². The van der Waals surface area contributed by atoms with Gasteiger partial charge in [0, 0.05) is 13.8 Å². The Labute approximate surface area is 184 Å². The van der Waals surface area contributed by atoms with Crippen LogP contribution in [0.25, 0.3) is 0 Å². The lowest BCUT2D eigenvalue weighted by Gasteiger charge is -2.43. The Bertz CT molecular complexity index is 684. The van der Waals surface area contributed by atoms with Gasteiger partial charge in [0.2, 0.25) is 0 Å². The molecule has 0 bridgehead atoms. The fourth-order valence-electron chi connectivity index (χ4n) is 4.72. The first-order chi connectivity index (χ1) is 14.2. The van der Waals surface area contributed by atoms with E-state index in [1.165, 1.54) is 13.8 Å². The van der Waals surface area contributed by atoms with Crippen LogP contribution in [0, 0.1) is 5.92 Å². The summed E-state index contributed by atoms with van der Waals surface area (Å²) in [6, 6.07) is -0.300. The van der Waals surface area contributed by atoms with Gasteiger partial charge >= 0.3 is 11.9 Å². The zero-order chi connectivity index (χ0) is 23.3. The standard InChI is InChI=1S/C22H37NO8/c1-11-17(27-12(2)24)19(28-13(3)25)15-16-18(30-22(7,8)9)14(29-21(4,5)6)10-23(16)31-20(15)26-11/h11,14-20H,10H2,1-9H3/t11-,14+,15-,16-,17-,18-,19-,20-/m0/s1. The number of hydroxylamine groups is 2. The summed E-state index contributed by atoms with van der Waals surface area (Å²) >= 11 is 0. The first-order valence-corrected chi connectivity index (χ1v) is 11.0. The SMILES string of the molecule is CC(=O)O[C@@H]1[C@@H](OC(C)=O)[C@H](C)O[C@H]2ON3C[C@@H](OC(C)(C)C)[C@H](OC(C)(C)C)[C@@H]3[C@H]21. The minimum absolute atomic E-state index is 0.255. The summed E-state index contributed by atoms with van der Waals surface area (Å²) < 4.78 is 30.1. The predicted octanol–water partition coefficient (Wildman–Crippen LogP) is 2.21. The molecule has 0 aromatic carbocycles. The highest BCUT2D eigenvalue weighted by atomic mass is 16.8. The van der Waals surface area contributed by atoms with Crippen LogP contribution in [0.1, 0.15) is 62.3 Å². The van der Waals surface area contributed by atoms with E-state index >= 15 is 0 Å². The molecule has 0 aliphatic carbocycles. The molecule has 3 aliphatic rings. The number of fused-ring (bicyclic) bond motifs is 3. The van der Waals surface area contributed by atoms with Gasteiger partial charge < -0.3 is 23.7 Å². The second-order valence-electron chi connectivity index (χ2n) is 10.6. The molecule has 178 valence electrons. The molecular weight excluding hydrogens is 406 g/mol. The number of nitrogens with zero attached hydrogens (tertiary/aromatic N) is 1. The molecule has 0 amide bonds. The molecule has 31 heavy (non-hydrogen) atoms. The molecule has 0 saturated carbocycles. The van der Waals surface area contributed by atoms with E-state index in [1.807, 2.05) is 46.6 Å². The van der Waals surface area contributed by atoms with E-state index in [-0.39, 0.29) is 23.9 Å². The number of rotatable bonds is 4. The van der Waals surface area contributed by atoms with Gasteiger partial charge in [-0.05, 0) is 48.5 Å². The van der Waals surface area contributed by atoms with Crippen molar-refractivity contribution in [3.8, 4) is 0 Å². The minimum Gasteiger partial charge on any atom is -0.458 e. The molecular formula is C22H37NO8. The minimum atomic E-state index is -0.746. The topological polar surface area (TPSA) is 92.8 Å². The summed E-state index contributed by atoms with van der Waals surface area (Å²) in [5.41, 5.74) is -0.816. The van der Waals surface area contributed by atoms with Gasteiger partial charge in [-0.25, -0.2) is 0 Å². The summed E-state index contributed by atoms with van der Waals surface area (Å²) in [4.78, 5) is 29.9. The molecule has 9 heteroatoms. The number of carbonyl (C=O) groups excluding carboxylic acids is 2. The van der Waals surface area contributed by atoms with Crippen LogP contribution in [0.3, 0.4) is 0 Å². The molecule has 0 N–H and O–H groups in total. The Kier molecular flexibility index (Phi) is 6.76. The summed E-state index contributed by atoms with van der Waals surface area (Å²) in [5, 5.41) is 1.82. The van der Waals surface area contributed by atoms with E-state index in [9.17, 15) is 9.59 Å². The highest BCUT2D eigenvalue weighted by Gasteiger charge is 2.64. The zero-order valence-electron chi connectivity index (χ0n) is 20.0. The average molecular weight is 444 g/mol. The quantitative estimate of drug-likeness (QED) is 0.606. The maximum atomic E-state index is 12.0. The van der Waals surface area contributed by atoms with Crippen LogP contribution in [0.15, 0.2) is 0 Å². The van der Waals surface area contributed by atoms with Crippen molar-refractivity contribution < 1.29 is 38.1 Å². The highest BCUT2D eigenvalue weighted by molar-refractivity contribution is 5.67. The third-order valence-electron chi connectivity index (χ3n) is 5.46. The average Bonchev–Trinajstić information content (AvgIpc) is 3.03. The van der Waals surface area contributed by atoms with Crippen LogP contribution in [0.5, 0.6) is 0 Å². The van der Waals surface area contributed by atoms with Crippen molar-refractivity contribution in [2.45, 2.75) is 116 Å². The molecule has 3 aliphatic heterocycles. The second-order valence-corrected chi connectivity index (χ2v) is 10.6. The van der Waals surface area contributed by atoms with Crippen molar-refractivity contribution in [1.82, 2.24) is 5.06 Å². The van der Waals surface area contributed by atoms with E-state index in [1.54, 1.807) is 6.92 Å². The molecule has 0 aromatic heterocycles. The Hall–Kier alpha value is -1.26. The normalized spacial score (nSPS) is 38.5. The Balaban J connectivity index is 1.96. The van der Waals surface area contributed by atoms with Crippen LogP contribution in [0.4, 0.5) is 0 Å². The lowest BCUT2D eigenvalue weighted by molar-refractivity contribution is -0.297. The van der Waals surface area contributed by atoms with Gasteiger partial charge in [-0.2, -0.15) is 5.06 Å². The number of hydrogen-bond donors (Lipinski definition) is 0. The molecule has 0 spiro atoms. The Morgan fingerprint density at radius 1 is 0.871 bits per heavy atom. The van der Waals surface area contributed by atoms with Crippen molar-refractivity contribution >= 4 is 11.9 Å². The van der Waals surface area contributed by atoms with E-state index in [2.05, 4.69) is 0 Å². The predicted molar refractivity (Wildman–Crippen MR) is 110 cm³/mol. The third-order valence-corrected chi connectivity index (χ3v) is 5.46. The van der Waals surface area contributed by atoms with Crippen molar-refractivity contribution in [3.63, 3.8) is 0 Å². The van der Waals surface area contributed by atoms with Crippen molar-refractivity contribution in [1.29, 1.82) is 0 Å². The van der Waals surface area contributed by atoms with Crippen LogP contribution in [-0.2, 0) is 38.1 Å². The maximum Gasteiger partial charge on any atom is 0.303 e. The number of carbonyl (C=O) groups is 2. The van der Waals surface area contributed by atoms with Crippen molar-refractivity contribution in [2.24, 2.45) is 5.92 Å². The summed E-state index contributed by atoms with van der Waals surface area (Å²) in [6.45, 7) is 16.9. The molecule has 3 saturated heterocycles. The summed E-state index contributed by atoms with van der Waals surface area (Å²) in [5.74, 6) is -1.33. The Morgan fingerprint density at radius 3 is 1.94 bits per heavy atom. The molecule has 9 nitrogen and oxygen atoms in total. The zero-order valence-corrected chi connectivity index (χ0v) is 20.0. The fourth-order valence-corrected chi connectivity index (χ4v) is 4.72. The second kappa shape index (κ2) is 8.59. The monoisotopic (exact) mass is 443 g/mol. The van der Waals surface area contributed by atoms with Crippen molar-refractivity contribution in [3.05, 3.63) is 0 Å². The number of esters is 2. The number of ether oxygens (including phenoxy) is 5. The van der Waals surface area contributed by atoms with E-state index in [0.29, 0.717) is 6.54 Å². The molecule has 3 rings (SSSR count). The molecule has 0 radical (unpaired) electrons. The van der Waals surface area contributed by atoms with Gasteiger partial charge in [-0.15, -0.1) is 0 Å². The maximum absolute atomic E-state index is 12.0. The van der Waals surface area contributed by atoms with Crippen LogP contribution < -0.4 is 0 Å². The molecule has 8 atom stereocenters. The van der Waals surface area contributed by atoms with Crippen LogP contribution in [0.2, 0.25) is 0 Å². The van der Waals surface area contributed by atoms with Gasteiger partial charge in [0.15, 0.2) is 18.5 Å². The first-order valence-electron chi connectivity index (χ1n) is 11.0. The first kappa shape index (κ1) is 24.4. The van der Waals surface area contributed by atoms with Gasteiger partial charge in [0.1, 0.15) is 12.2 Å². The van der Waals surface area contributed by atoms with Gasteiger partial charge in [0.05, 0.1) is 35.8 Å². The van der Waals surface area contributed by atoms with Crippen molar-refractivity contribution in [2.75, 3.05) is 6.54 Å². The van der Waals surface area contributed by atoms with Crippen LogP contribution in [-0.4, -0.2) is 77.6 Å². The van der Waals surface area contributed by atoms with E-state index in [4.69, 9.17) is 28.5 Å². The summed E-state index contributed by atoms with van der Waals surface area (Å²) in [6.07, 6.45) is -3.23. The van der Waals surface area contributed by atoms with E-state index < -0.39 is 48.1 Å².